The van der Waals surface area contributed by atoms with Crippen molar-refractivity contribution in [3.63, 3.8) is 0 Å². The highest BCUT2D eigenvalue weighted by Gasteiger charge is 2.36. The maximum absolute atomic E-state index is 12.3. The highest BCUT2D eigenvalue weighted by Crippen LogP contribution is 2.19. The minimum absolute atomic E-state index is 0.110. The molecule has 1 heterocycles. The number of nitro groups is 1. The lowest BCUT2D eigenvalue weighted by atomic mass is 10.1. The van der Waals surface area contributed by atoms with E-state index in [0.717, 1.165) is 5.01 Å². The van der Waals surface area contributed by atoms with Crippen molar-refractivity contribution in [2.24, 2.45) is 5.92 Å². The van der Waals surface area contributed by atoms with Gasteiger partial charge in [0.25, 0.3) is 11.6 Å². The summed E-state index contributed by atoms with van der Waals surface area (Å²) < 4.78 is 10.1. The fraction of sp³-hybridized carbons (Fsp3) is 0.238. The summed E-state index contributed by atoms with van der Waals surface area (Å²) in [5.74, 6) is -2.68. The number of non-ortho nitro benzene ring substituents is 1. The van der Waals surface area contributed by atoms with Gasteiger partial charge in [-0.1, -0.05) is 12.1 Å². The Kier molecular flexibility index (Phi) is 6.78. The van der Waals surface area contributed by atoms with Crippen molar-refractivity contribution in [3.8, 4) is 5.75 Å². The number of ketones is 1. The SMILES string of the molecule is COc1cccc(C(=O)COC(=O)C2CC(=O)N(NC(=O)c3ccc([N+](=O)[O-])cc3)C2)c1. The molecule has 166 valence electrons. The van der Waals surface area contributed by atoms with E-state index in [1.165, 1.54) is 37.4 Å². The molecule has 3 rings (SSSR count). The zero-order chi connectivity index (χ0) is 23.3. The number of hydrazine groups is 1. The van der Waals surface area contributed by atoms with Gasteiger partial charge in [-0.05, 0) is 24.3 Å². The second kappa shape index (κ2) is 9.69. The molecule has 1 N–H and O–H groups in total. The highest BCUT2D eigenvalue weighted by molar-refractivity contribution is 5.99. The molecule has 0 aromatic heterocycles. The monoisotopic (exact) mass is 441 g/mol. The number of ether oxygens (including phenoxy) is 2. The minimum atomic E-state index is -0.849. The summed E-state index contributed by atoms with van der Waals surface area (Å²) in [6, 6.07) is 11.2. The number of nitro benzene ring substituents is 1. The molecule has 0 saturated carbocycles. The maximum atomic E-state index is 12.3. The third-order valence-corrected chi connectivity index (χ3v) is 4.77. The molecule has 1 atom stereocenters. The Morgan fingerprint density at radius 3 is 2.53 bits per heavy atom. The first kappa shape index (κ1) is 22.4. The Morgan fingerprint density at radius 1 is 1.16 bits per heavy atom. The average molecular weight is 441 g/mol. The molecule has 1 aliphatic heterocycles. The van der Waals surface area contributed by atoms with Gasteiger partial charge in [-0.25, -0.2) is 0 Å². The van der Waals surface area contributed by atoms with E-state index in [2.05, 4.69) is 5.43 Å². The van der Waals surface area contributed by atoms with E-state index in [0.29, 0.717) is 11.3 Å². The standard InChI is InChI=1S/C21H19N3O8/c1-31-17-4-2-3-14(9-17)18(25)12-32-21(28)15-10-19(26)23(11-15)22-20(27)13-5-7-16(8-6-13)24(29)30/h2-9,15H,10-12H2,1H3,(H,22,27). The normalized spacial score (nSPS) is 15.2. The first-order chi connectivity index (χ1) is 15.3. The van der Waals surface area contributed by atoms with E-state index < -0.39 is 41.0 Å². The molecule has 1 fully saturated rings. The number of nitrogens with one attached hydrogen (secondary N) is 1. The number of amides is 2. The summed E-state index contributed by atoms with van der Waals surface area (Å²) in [4.78, 5) is 59.1. The average Bonchev–Trinajstić information content (AvgIpc) is 3.17. The molecule has 1 saturated heterocycles. The van der Waals surface area contributed by atoms with Crippen LogP contribution in [0.15, 0.2) is 48.5 Å². The van der Waals surface area contributed by atoms with Gasteiger partial charge in [-0.3, -0.25) is 39.7 Å². The summed E-state index contributed by atoms with van der Waals surface area (Å²) >= 11 is 0. The van der Waals surface area contributed by atoms with E-state index in [1.807, 2.05) is 0 Å². The molecule has 1 aliphatic rings. The number of hydrogen-bond acceptors (Lipinski definition) is 8. The third-order valence-electron chi connectivity index (χ3n) is 4.77. The molecule has 11 heteroatoms. The Bertz CT molecular complexity index is 1070. The van der Waals surface area contributed by atoms with Gasteiger partial charge >= 0.3 is 5.97 Å². The largest absolute Gasteiger partial charge is 0.497 e. The van der Waals surface area contributed by atoms with Gasteiger partial charge in [0.15, 0.2) is 12.4 Å². The number of carbonyl (C=O) groups is 4. The first-order valence-electron chi connectivity index (χ1n) is 9.48. The molecule has 32 heavy (non-hydrogen) atoms. The van der Waals surface area contributed by atoms with Crippen molar-refractivity contribution in [2.45, 2.75) is 6.42 Å². The Labute approximate surface area is 182 Å². The number of hydrogen-bond donors (Lipinski definition) is 1. The summed E-state index contributed by atoms with van der Waals surface area (Å²) in [5, 5.41) is 11.7. The zero-order valence-corrected chi connectivity index (χ0v) is 17.0. The molecule has 0 bridgehead atoms. The molecule has 0 aliphatic carbocycles. The fourth-order valence-electron chi connectivity index (χ4n) is 3.03. The first-order valence-corrected chi connectivity index (χ1v) is 9.48. The number of benzene rings is 2. The third kappa shape index (κ3) is 5.25. The summed E-state index contributed by atoms with van der Waals surface area (Å²) in [6.07, 6.45) is -0.188. The summed E-state index contributed by atoms with van der Waals surface area (Å²) in [7, 11) is 1.47. The van der Waals surface area contributed by atoms with Crippen LogP contribution in [0.2, 0.25) is 0 Å². The van der Waals surface area contributed by atoms with Crippen LogP contribution in [0.5, 0.6) is 5.75 Å². The van der Waals surface area contributed by atoms with Crippen molar-refractivity contribution in [1.29, 1.82) is 0 Å². The van der Waals surface area contributed by atoms with Crippen molar-refractivity contribution < 1.29 is 33.6 Å². The predicted molar refractivity (Wildman–Crippen MR) is 109 cm³/mol. The van der Waals surface area contributed by atoms with Gasteiger partial charge in [-0.15, -0.1) is 0 Å². The van der Waals surface area contributed by atoms with Gasteiger partial charge in [0.1, 0.15) is 5.75 Å². The second-order valence-electron chi connectivity index (χ2n) is 6.91. The Hall–Kier alpha value is -4.28. The summed E-state index contributed by atoms with van der Waals surface area (Å²) in [6.45, 7) is -0.615. The summed E-state index contributed by atoms with van der Waals surface area (Å²) in [5.41, 5.74) is 2.62. The van der Waals surface area contributed by atoms with Crippen LogP contribution in [0, 0.1) is 16.0 Å². The lowest BCUT2D eigenvalue weighted by Crippen LogP contribution is -2.43. The van der Waals surface area contributed by atoms with Crippen molar-refractivity contribution in [3.05, 3.63) is 69.8 Å². The van der Waals surface area contributed by atoms with Crippen molar-refractivity contribution in [2.75, 3.05) is 20.3 Å². The van der Waals surface area contributed by atoms with Crippen molar-refractivity contribution >= 4 is 29.3 Å². The van der Waals surface area contributed by atoms with Crippen LogP contribution in [-0.2, 0) is 14.3 Å². The highest BCUT2D eigenvalue weighted by atomic mass is 16.6. The van der Waals surface area contributed by atoms with Crippen LogP contribution in [0.4, 0.5) is 5.69 Å². The van der Waals surface area contributed by atoms with E-state index in [-0.39, 0.29) is 24.2 Å². The number of esters is 1. The maximum Gasteiger partial charge on any atom is 0.311 e. The lowest BCUT2D eigenvalue weighted by Gasteiger charge is -2.17. The Balaban J connectivity index is 1.52. The van der Waals surface area contributed by atoms with Crippen LogP contribution in [0.1, 0.15) is 27.1 Å². The van der Waals surface area contributed by atoms with E-state index in [1.54, 1.807) is 18.2 Å². The van der Waals surface area contributed by atoms with Gasteiger partial charge < -0.3 is 9.47 Å². The van der Waals surface area contributed by atoms with Gasteiger partial charge in [0.05, 0.1) is 24.5 Å². The number of methoxy groups -OCH3 is 1. The van der Waals surface area contributed by atoms with Crippen LogP contribution < -0.4 is 10.2 Å². The molecule has 1 unspecified atom stereocenters. The second-order valence-corrected chi connectivity index (χ2v) is 6.91. The number of nitrogens with zero attached hydrogens (tertiary/aromatic N) is 2. The molecule has 0 radical (unpaired) electrons. The minimum Gasteiger partial charge on any atom is -0.497 e. The van der Waals surface area contributed by atoms with Crippen molar-refractivity contribution in [1.82, 2.24) is 10.4 Å². The van der Waals surface area contributed by atoms with Gasteiger partial charge in [0.2, 0.25) is 5.91 Å². The Morgan fingerprint density at radius 2 is 1.88 bits per heavy atom. The fourth-order valence-corrected chi connectivity index (χ4v) is 3.03. The molecule has 2 amide bonds. The van der Waals surface area contributed by atoms with E-state index in [9.17, 15) is 29.3 Å². The van der Waals surface area contributed by atoms with Crippen LogP contribution in [0.25, 0.3) is 0 Å². The van der Waals surface area contributed by atoms with E-state index >= 15 is 0 Å². The van der Waals surface area contributed by atoms with Crippen LogP contribution in [0.3, 0.4) is 0 Å². The topological polar surface area (TPSA) is 145 Å². The smallest absolute Gasteiger partial charge is 0.311 e. The molecular formula is C21H19N3O8. The zero-order valence-electron chi connectivity index (χ0n) is 17.0. The lowest BCUT2D eigenvalue weighted by molar-refractivity contribution is -0.384. The predicted octanol–water partition coefficient (Wildman–Crippen LogP) is 1.52. The molecular weight excluding hydrogens is 422 g/mol. The molecule has 2 aromatic carbocycles. The van der Waals surface area contributed by atoms with Crippen LogP contribution >= 0.6 is 0 Å². The van der Waals surface area contributed by atoms with E-state index in [4.69, 9.17) is 9.47 Å². The quantitative estimate of drug-likeness (QED) is 0.281. The number of carbonyl (C=O) groups excluding carboxylic acids is 4. The molecule has 11 nitrogen and oxygen atoms in total. The number of rotatable bonds is 8. The molecule has 0 spiro atoms. The number of Topliss-reactive ketones (excluding diaryl/α,β-unsaturated/α-hetero) is 1. The van der Waals surface area contributed by atoms with Crippen LogP contribution in [-0.4, -0.2) is 53.8 Å². The van der Waals surface area contributed by atoms with Gasteiger partial charge in [-0.2, -0.15) is 0 Å². The van der Waals surface area contributed by atoms with Gasteiger partial charge in [0, 0.05) is 29.7 Å². The molecule has 2 aromatic rings.